The summed E-state index contributed by atoms with van der Waals surface area (Å²) in [5, 5.41) is 1.31. The van der Waals surface area contributed by atoms with Gasteiger partial charge in [-0.25, -0.2) is 4.79 Å². The van der Waals surface area contributed by atoms with Crippen LogP contribution in [0.1, 0.15) is 39.9 Å². The van der Waals surface area contributed by atoms with Crippen molar-refractivity contribution >= 4 is 48.1 Å². The van der Waals surface area contributed by atoms with Crippen LogP contribution in [0.2, 0.25) is 10.0 Å². The van der Waals surface area contributed by atoms with E-state index in [1.165, 1.54) is 29.3 Å². The van der Waals surface area contributed by atoms with Gasteiger partial charge in [0.05, 0.1) is 12.7 Å². The van der Waals surface area contributed by atoms with Gasteiger partial charge >= 0.3 is 5.97 Å². The van der Waals surface area contributed by atoms with Crippen molar-refractivity contribution in [2.24, 2.45) is 0 Å². The molecule has 1 aliphatic rings. The Balaban J connectivity index is 2.11. The lowest BCUT2D eigenvalue weighted by Crippen LogP contribution is -2.03. The predicted octanol–water partition coefficient (Wildman–Crippen LogP) is 4.62. The van der Waals surface area contributed by atoms with E-state index in [1.54, 1.807) is 6.07 Å². The van der Waals surface area contributed by atoms with Crippen molar-refractivity contribution in [2.75, 3.05) is 7.11 Å². The van der Waals surface area contributed by atoms with Crippen LogP contribution in [0.15, 0.2) is 36.4 Å². The lowest BCUT2D eigenvalue weighted by Gasteiger charge is -2.14. The molecule has 0 spiro atoms. The maximum Gasteiger partial charge on any atom is 0.337 e. The number of esters is 1. The highest BCUT2D eigenvalue weighted by molar-refractivity contribution is 6.47. The Morgan fingerprint density at radius 3 is 2.54 bits per heavy atom. The van der Waals surface area contributed by atoms with Crippen molar-refractivity contribution in [1.29, 1.82) is 0 Å². The van der Waals surface area contributed by atoms with Crippen LogP contribution in [0, 0.1) is 0 Å². The van der Waals surface area contributed by atoms with Crippen LogP contribution in [-0.2, 0) is 11.2 Å². The first-order valence-corrected chi connectivity index (χ1v) is 8.63. The molecule has 0 bridgehead atoms. The van der Waals surface area contributed by atoms with Gasteiger partial charge in [0.1, 0.15) is 7.85 Å². The van der Waals surface area contributed by atoms with E-state index in [4.69, 9.17) is 27.9 Å². The third kappa shape index (κ3) is 3.24. The summed E-state index contributed by atoms with van der Waals surface area (Å²) in [5.74, 6) is -0.301. The van der Waals surface area contributed by atoms with Gasteiger partial charge in [-0.3, -0.25) is 0 Å². The monoisotopic (exact) mass is 358 g/mol. The molecular weight excluding hydrogens is 342 g/mol. The second-order valence-electron chi connectivity index (χ2n) is 5.94. The number of methoxy groups -OCH3 is 1. The number of hydrogen-bond donors (Lipinski definition) is 0. The fourth-order valence-electron chi connectivity index (χ4n) is 3.29. The Bertz CT molecular complexity index is 843. The fourth-order valence-corrected chi connectivity index (χ4v) is 3.81. The third-order valence-electron chi connectivity index (χ3n) is 4.51. The predicted molar refractivity (Wildman–Crippen MR) is 103 cm³/mol. The second kappa shape index (κ2) is 7.04. The molecule has 0 N–H and O–H groups in total. The zero-order valence-electron chi connectivity index (χ0n) is 13.7. The molecule has 0 atom stereocenters. The number of halogens is 2. The summed E-state index contributed by atoms with van der Waals surface area (Å²) in [6.45, 7) is 0. The van der Waals surface area contributed by atoms with Crippen molar-refractivity contribution in [3.63, 3.8) is 0 Å². The Morgan fingerprint density at radius 1 is 1.08 bits per heavy atom. The molecule has 0 fully saturated rings. The van der Waals surface area contributed by atoms with E-state index in [0.717, 1.165) is 24.8 Å². The third-order valence-corrected chi connectivity index (χ3v) is 5.06. The first kappa shape index (κ1) is 17.1. The number of rotatable bonds is 2. The first-order chi connectivity index (χ1) is 11.5. The average molecular weight is 359 g/mol. The van der Waals surface area contributed by atoms with Crippen LogP contribution in [0.3, 0.4) is 0 Å². The molecule has 0 heterocycles. The highest BCUT2D eigenvalue weighted by Gasteiger charge is 2.18. The van der Waals surface area contributed by atoms with Gasteiger partial charge in [-0.15, -0.1) is 0 Å². The Kier molecular flexibility index (Phi) is 5.03. The van der Waals surface area contributed by atoms with Crippen molar-refractivity contribution in [3.05, 3.63) is 68.7 Å². The topological polar surface area (TPSA) is 26.3 Å². The maximum absolute atomic E-state index is 11.8. The van der Waals surface area contributed by atoms with Gasteiger partial charge < -0.3 is 4.74 Å². The molecule has 122 valence electrons. The molecule has 0 amide bonds. The number of aryl methyl sites for hydroxylation is 1. The zero-order chi connectivity index (χ0) is 17.3. The zero-order valence-corrected chi connectivity index (χ0v) is 15.2. The molecule has 0 saturated carbocycles. The molecule has 1 aliphatic carbocycles. The normalized spacial score (nSPS) is 14.1. The average Bonchev–Trinajstić information content (AvgIpc) is 2.73. The van der Waals surface area contributed by atoms with Crippen molar-refractivity contribution < 1.29 is 9.53 Å². The van der Waals surface area contributed by atoms with Crippen LogP contribution < -0.4 is 0 Å². The number of hydrogen-bond acceptors (Lipinski definition) is 2. The minimum atomic E-state index is -0.301. The Hall–Kier alpha value is -1.71. The van der Waals surface area contributed by atoms with E-state index in [9.17, 15) is 4.79 Å². The summed E-state index contributed by atoms with van der Waals surface area (Å²) in [4.78, 5) is 11.8. The second-order valence-corrected chi connectivity index (χ2v) is 6.79. The number of benzene rings is 2. The fraction of sp³-hybridized carbons (Fsp3) is 0.211. The van der Waals surface area contributed by atoms with Gasteiger partial charge in [-0.1, -0.05) is 40.8 Å². The molecule has 2 aromatic carbocycles. The van der Waals surface area contributed by atoms with Gasteiger partial charge in [-0.05, 0) is 65.8 Å². The number of ether oxygens (including phenoxy) is 1. The molecule has 0 saturated heterocycles. The largest absolute Gasteiger partial charge is 0.465 e. The molecule has 0 radical (unpaired) electrons. The van der Waals surface area contributed by atoms with E-state index in [2.05, 4.69) is 7.85 Å². The molecule has 0 aliphatic heterocycles. The van der Waals surface area contributed by atoms with Gasteiger partial charge in [0.2, 0.25) is 0 Å². The molecular formula is C19H17BCl2O2. The summed E-state index contributed by atoms with van der Waals surface area (Å²) >= 11 is 12.4. The van der Waals surface area contributed by atoms with Crippen LogP contribution in [0.5, 0.6) is 0 Å². The Morgan fingerprint density at radius 2 is 1.83 bits per heavy atom. The lowest BCUT2D eigenvalue weighted by atomic mass is 9.80. The summed E-state index contributed by atoms with van der Waals surface area (Å²) in [6.07, 6.45) is 2.87. The van der Waals surface area contributed by atoms with Crippen LogP contribution in [0.4, 0.5) is 0 Å². The first-order valence-electron chi connectivity index (χ1n) is 7.88. The molecule has 24 heavy (non-hydrogen) atoms. The van der Waals surface area contributed by atoms with Gasteiger partial charge in [0.25, 0.3) is 0 Å². The van der Waals surface area contributed by atoms with Crippen LogP contribution >= 0.6 is 23.2 Å². The van der Waals surface area contributed by atoms with Gasteiger partial charge in [0, 0.05) is 10.0 Å². The minimum Gasteiger partial charge on any atom is -0.465 e. The van der Waals surface area contributed by atoms with E-state index in [1.807, 2.05) is 30.3 Å². The van der Waals surface area contributed by atoms with Crippen molar-refractivity contribution in [2.45, 2.75) is 19.3 Å². The van der Waals surface area contributed by atoms with Crippen molar-refractivity contribution in [3.8, 4) is 0 Å². The standard InChI is InChI=1S/C19H17BCl2O2/c1-24-19(23)12-5-7-14-11(9-12)3-2-4-16(18(14)20)15-8-6-13(21)10-17(15)22/h5-10H,2-4,20H2,1H3. The van der Waals surface area contributed by atoms with E-state index in [0.29, 0.717) is 15.6 Å². The van der Waals surface area contributed by atoms with E-state index < -0.39 is 0 Å². The van der Waals surface area contributed by atoms with E-state index >= 15 is 0 Å². The molecule has 3 rings (SSSR count). The molecule has 2 aromatic rings. The number of carbonyl (C=O) groups excluding carboxylic acids is 1. The van der Waals surface area contributed by atoms with Gasteiger partial charge in [-0.2, -0.15) is 0 Å². The number of fused-ring (bicyclic) bond motifs is 1. The minimum absolute atomic E-state index is 0.301. The smallest absolute Gasteiger partial charge is 0.337 e. The summed E-state index contributed by atoms with van der Waals surface area (Å²) in [7, 11) is 3.52. The molecule has 2 nitrogen and oxygen atoms in total. The maximum atomic E-state index is 11.8. The highest BCUT2D eigenvalue weighted by atomic mass is 35.5. The number of carbonyl (C=O) groups is 1. The molecule has 0 unspecified atom stereocenters. The lowest BCUT2D eigenvalue weighted by molar-refractivity contribution is 0.0600. The SMILES string of the molecule is BC1=C(c2ccc(Cl)cc2Cl)CCCc2cc(C(=O)OC)ccc21. The van der Waals surface area contributed by atoms with E-state index in [-0.39, 0.29) is 5.97 Å². The quantitative estimate of drug-likeness (QED) is 0.578. The summed E-state index contributed by atoms with van der Waals surface area (Å²) in [5.41, 5.74) is 6.40. The van der Waals surface area contributed by atoms with Gasteiger partial charge in [0.15, 0.2) is 0 Å². The Labute approximate surface area is 152 Å². The molecule has 0 aromatic heterocycles. The molecule has 5 heteroatoms. The summed E-state index contributed by atoms with van der Waals surface area (Å²) in [6, 6.07) is 11.4. The van der Waals surface area contributed by atoms with Crippen LogP contribution in [0.25, 0.3) is 11.0 Å². The number of allylic oxidation sites excluding steroid dienone is 1. The highest BCUT2D eigenvalue weighted by Crippen LogP contribution is 2.38. The summed E-state index contributed by atoms with van der Waals surface area (Å²) < 4.78 is 4.82. The van der Waals surface area contributed by atoms with Crippen LogP contribution in [-0.4, -0.2) is 20.9 Å². The van der Waals surface area contributed by atoms with Crippen molar-refractivity contribution in [1.82, 2.24) is 0 Å².